The molecule has 2 fully saturated rings. The van der Waals surface area contributed by atoms with Crippen molar-refractivity contribution in [1.29, 1.82) is 0 Å². The van der Waals surface area contributed by atoms with Crippen molar-refractivity contribution in [3.63, 3.8) is 0 Å². The van der Waals surface area contributed by atoms with Crippen LogP contribution in [0.5, 0.6) is 0 Å². The smallest absolute Gasteiger partial charge is 0.319 e. The van der Waals surface area contributed by atoms with Crippen LogP contribution in [-0.4, -0.2) is 62.8 Å². The molecule has 0 amide bonds. The summed E-state index contributed by atoms with van der Waals surface area (Å²) in [6, 6.07) is 1.25. The van der Waals surface area contributed by atoms with Crippen LogP contribution in [0, 0.1) is 0 Å². The highest BCUT2D eigenvalue weighted by Crippen LogP contribution is 2.12. The summed E-state index contributed by atoms with van der Waals surface area (Å²) in [6.07, 6.45) is 4.83. The Morgan fingerprint density at radius 3 is 2.50 bits per heavy atom. The van der Waals surface area contributed by atoms with Crippen LogP contribution in [0.4, 0.5) is 0 Å². The van der Waals surface area contributed by atoms with Gasteiger partial charge in [-0.1, -0.05) is 0 Å². The highest BCUT2D eigenvalue weighted by molar-refractivity contribution is 5.85. The summed E-state index contributed by atoms with van der Waals surface area (Å²) in [7, 11) is 1.45. The molecule has 5 nitrogen and oxygen atoms in total. The Morgan fingerprint density at radius 1 is 1.25 bits per heavy atom. The van der Waals surface area contributed by atoms with Crippen molar-refractivity contribution in [2.75, 3.05) is 39.8 Å². The average molecular weight is 328 g/mol. The van der Waals surface area contributed by atoms with Gasteiger partial charge in [-0.3, -0.25) is 9.69 Å². The van der Waals surface area contributed by atoms with E-state index in [1.54, 1.807) is 0 Å². The first-order chi connectivity index (χ1) is 8.78. The molecular formula is C13H27Cl2N3O2. The number of hydrogen-bond acceptors (Lipinski definition) is 5. The van der Waals surface area contributed by atoms with E-state index in [0.717, 1.165) is 39.0 Å². The number of carbonyl (C=O) groups excluding carboxylic acids is 1. The van der Waals surface area contributed by atoms with Crippen molar-refractivity contribution in [2.45, 2.75) is 37.8 Å². The fraction of sp³-hybridized carbons (Fsp3) is 0.923. The van der Waals surface area contributed by atoms with Gasteiger partial charge in [0.05, 0.1) is 13.7 Å². The molecule has 2 N–H and O–H groups in total. The van der Waals surface area contributed by atoms with Gasteiger partial charge in [0.2, 0.25) is 0 Å². The van der Waals surface area contributed by atoms with E-state index in [2.05, 4.69) is 15.5 Å². The molecule has 2 saturated heterocycles. The second-order valence-corrected chi connectivity index (χ2v) is 5.34. The highest BCUT2D eigenvalue weighted by Gasteiger charge is 2.23. The number of rotatable bonds is 4. The molecule has 0 aliphatic carbocycles. The van der Waals surface area contributed by atoms with Crippen molar-refractivity contribution in [1.82, 2.24) is 15.5 Å². The summed E-state index contributed by atoms with van der Waals surface area (Å²) in [4.78, 5) is 13.4. The molecule has 2 heterocycles. The quantitative estimate of drug-likeness (QED) is 0.748. The van der Waals surface area contributed by atoms with Crippen LogP contribution >= 0.6 is 24.8 Å². The van der Waals surface area contributed by atoms with Crippen LogP contribution < -0.4 is 10.6 Å². The number of esters is 1. The standard InChI is InChI=1S/C13H25N3O2.2ClH/c1-18-13(17)10-16-7-4-11(5-8-16)15-12-3-2-6-14-9-12;;/h11-12,14-15H,2-10H2,1H3;2*1H. The molecule has 2 aliphatic heterocycles. The molecule has 0 aromatic carbocycles. The number of nitrogens with one attached hydrogen (secondary N) is 2. The summed E-state index contributed by atoms with van der Waals surface area (Å²) in [5.74, 6) is -0.127. The molecule has 20 heavy (non-hydrogen) atoms. The largest absolute Gasteiger partial charge is 0.468 e. The zero-order valence-electron chi connectivity index (χ0n) is 12.1. The number of piperidine rings is 2. The first-order valence-corrected chi connectivity index (χ1v) is 7.04. The molecule has 0 bridgehead atoms. The number of halogens is 2. The number of nitrogens with zero attached hydrogens (tertiary/aromatic N) is 1. The number of ether oxygens (including phenoxy) is 1. The SMILES string of the molecule is COC(=O)CN1CCC(NC2CCCNC2)CC1.Cl.Cl. The Kier molecular flexibility index (Phi) is 10.6. The Balaban J connectivity index is 0.00000180. The predicted octanol–water partition coefficient (Wildman–Crippen LogP) is 0.809. The summed E-state index contributed by atoms with van der Waals surface area (Å²) in [6.45, 7) is 4.69. The maximum absolute atomic E-state index is 11.2. The zero-order valence-corrected chi connectivity index (χ0v) is 13.7. The van der Waals surface area contributed by atoms with Crippen LogP contribution in [0.3, 0.4) is 0 Å². The topological polar surface area (TPSA) is 53.6 Å². The lowest BCUT2D eigenvalue weighted by molar-refractivity contribution is -0.142. The maximum atomic E-state index is 11.2. The van der Waals surface area contributed by atoms with Gasteiger partial charge < -0.3 is 15.4 Å². The van der Waals surface area contributed by atoms with E-state index >= 15 is 0 Å². The fourth-order valence-electron chi connectivity index (χ4n) is 2.83. The summed E-state index contributed by atoms with van der Waals surface area (Å²) in [5.41, 5.74) is 0. The van der Waals surface area contributed by atoms with Gasteiger partial charge in [0, 0.05) is 31.7 Å². The average Bonchev–Trinajstić information content (AvgIpc) is 2.42. The maximum Gasteiger partial charge on any atom is 0.319 e. The Morgan fingerprint density at radius 2 is 1.95 bits per heavy atom. The Bertz CT molecular complexity index is 268. The van der Waals surface area contributed by atoms with Gasteiger partial charge in [0.15, 0.2) is 0 Å². The molecule has 0 radical (unpaired) electrons. The lowest BCUT2D eigenvalue weighted by Crippen LogP contribution is -2.51. The Labute approximate surface area is 134 Å². The normalized spacial score (nSPS) is 24.4. The number of hydrogen-bond donors (Lipinski definition) is 2. The van der Waals surface area contributed by atoms with E-state index in [1.807, 2.05) is 0 Å². The zero-order chi connectivity index (χ0) is 12.8. The Hall–Kier alpha value is -0.0700. The molecule has 0 aromatic heterocycles. The predicted molar refractivity (Wildman–Crippen MR) is 85.0 cm³/mol. The summed E-state index contributed by atoms with van der Waals surface area (Å²) < 4.78 is 4.70. The van der Waals surface area contributed by atoms with E-state index in [9.17, 15) is 4.79 Å². The number of carbonyl (C=O) groups is 1. The van der Waals surface area contributed by atoms with Gasteiger partial charge in [-0.2, -0.15) is 0 Å². The number of methoxy groups -OCH3 is 1. The minimum absolute atomic E-state index is 0. The molecule has 0 spiro atoms. The fourth-order valence-corrected chi connectivity index (χ4v) is 2.83. The van der Waals surface area contributed by atoms with Gasteiger partial charge in [-0.15, -0.1) is 24.8 Å². The highest BCUT2D eigenvalue weighted by atomic mass is 35.5. The van der Waals surface area contributed by atoms with Gasteiger partial charge in [-0.05, 0) is 32.2 Å². The van der Waals surface area contributed by atoms with Crippen molar-refractivity contribution in [3.8, 4) is 0 Å². The van der Waals surface area contributed by atoms with Crippen LogP contribution in [0.1, 0.15) is 25.7 Å². The van der Waals surface area contributed by atoms with Crippen LogP contribution in [-0.2, 0) is 9.53 Å². The minimum atomic E-state index is -0.127. The molecule has 0 aromatic rings. The second kappa shape index (κ2) is 10.6. The molecule has 7 heteroatoms. The minimum Gasteiger partial charge on any atom is -0.468 e. The molecule has 120 valence electrons. The molecule has 1 unspecified atom stereocenters. The van der Waals surface area contributed by atoms with E-state index in [-0.39, 0.29) is 30.8 Å². The molecule has 2 rings (SSSR count). The van der Waals surface area contributed by atoms with Gasteiger partial charge in [0.1, 0.15) is 0 Å². The molecule has 1 atom stereocenters. The van der Waals surface area contributed by atoms with Crippen molar-refractivity contribution >= 4 is 30.8 Å². The van der Waals surface area contributed by atoms with Crippen LogP contribution in [0.25, 0.3) is 0 Å². The van der Waals surface area contributed by atoms with E-state index in [0.29, 0.717) is 18.6 Å². The third kappa shape index (κ3) is 6.59. The van der Waals surface area contributed by atoms with E-state index < -0.39 is 0 Å². The monoisotopic (exact) mass is 327 g/mol. The van der Waals surface area contributed by atoms with E-state index in [4.69, 9.17) is 4.74 Å². The summed E-state index contributed by atoms with van der Waals surface area (Å²) in [5, 5.41) is 7.17. The van der Waals surface area contributed by atoms with Gasteiger partial charge in [-0.25, -0.2) is 0 Å². The molecule has 0 saturated carbocycles. The number of likely N-dealkylation sites (tertiary alicyclic amines) is 1. The van der Waals surface area contributed by atoms with E-state index in [1.165, 1.54) is 20.0 Å². The molecule has 2 aliphatic rings. The first kappa shape index (κ1) is 19.9. The van der Waals surface area contributed by atoms with Crippen molar-refractivity contribution in [2.24, 2.45) is 0 Å². The third-order valence-corrected chi connectivity index (χ3v) is 3.94. The third-order valence-electron chi connectivity index (χ3n) is 3.94. The lowest BCUT2D eigenvalue weighted by atomic mass is 10.0. The second-order valence-electron chi connectivity index (χ2n) is 5.34. The first-order valence-electron chi connectivity index (χ1n) is 7.04. The summed E-state index contributed by atoms with van der Waals surface area (Å²) >= 11 is 0. The molecular weight excluding hydrogens is 301 g/mol. The van der Waals surface area contributed by atoms with Gasteiger partial charge >= 0.3 is 5.97 Å². The van der Waals surface area contributed by atoms with Crippen molar-refractivity contribution in [3.05, 3.63) is 0 Å². The van der Waals surface area contributed by atoms with Gasteiger partial charge in [0.25, 0.3) is 0 Å². The van der Waals surface area contributed by atoms with Crippen molar-refractivity contribution < 1.29 is 9.53 Å². The lowest BCUT2D eigenvalue weighted by Gasteiger charge is -2.35. The van der Waals surface area contributed by atoms with Crippen LogP contribution in [0.15, 0.2) is 0 Å². The van der Waals surface area contributed by atoms with Crippen LogP contribution in [0.2, 0.25) is 0 Å².